The van der Waals surface area contributed by atoms with E-state index in [0.29, 0.717) is 0 Å². The van der Waals surface area contributed by atoms with Gasteiger partial charge < -0.3 is 5.32 Å². The lowest BCUT2D eigenvalue weighted by Crippen LogP contribution is -2.40. The molecule has 2 nitrogen and oxygen atoms in total. The van der Waals surface area contributed by atoms with Crippen LogP contribution < -0.4 is 5.32 Å². The first-order valence-corrected chi connectivity index (χ1v) is 5.62. The van der Waals surface area contributed by atoms with Crippen molar-refractivity contribution < 1.29 is 0 Å². The van der Waals surface area contributed by atoms with Crippen LogP contribution in [0, 0.1) is 5.92 Å². The van der Waals surface area contributed by atoms with Crippen LogP contribution in [0.5, 0.6) is 0 Å². The molecule has 1 heterocycles. The molecule has 0 aromatic rings. The van der Waals surface area contributed by atoms with Gasteiger partial charge in [-0.3, -0.25) is 4.90 Å². The van der Waals surface area contributed by atoms with Gasteiger partial charge in [0.05, 0.1) is 0 Å². The third kappa shape index (κ3) is 3.65. The van der Waals surface area contributed by atoms with Crippen LogP contribution >= 0.6 is 0 Å². The fourth-order valence-corrected chi connectivity index (χ4v) is 2.25. The van der Waals surface area contributed by atoms with E-state index >= 15 is 0 Å². The van der Waals surface area contributed by atoms with Crippen LogP contribution in [0.3, 0.4) is 0 Å². The highest BCUT2D eigenvalue weighted by molar-refractivity contribution is 4.78. The van der Waals surface area contributed by atoms with E-state index in [0.717, 1.165) is 18.5 Å². The Morgan fingerprint density at radius 3 is 2.31 bits per heavy atom. The molecular weight excluding hydrogens is 160 g/mol. The molecule has 13 heavy (non-hydrogen) atoms. The van der Waals surface area contributed by atoms with Crippen LogP contribution in [0.25, 0.3) is 0 Å². The zero-order valence-electron chi connectivity index (χ0n) is 9.34. The Bertz CT molecular complexity index is 128. The maximum absolute atomic E-state index is 3.31. The van der Waals surface area contributed by atoms with E-state index in [4.69, 9.17) is 0 Å². The van der Waals surface area contributed by atoms with Gasteiger partial charge >= 0.3 is 0 Å². The van der Waals surface area contributed by atoms with Crippen molar-refractivity contribution in [1.29, 1.82) is 0 Å². The number of hydrogen-bond donors (Lipinski definition) is 1. The topological polar surface area (TPSA) is 15.3 Å². The molecule has 0 aliphatic carbocycles. The maximum atomic E-state index is 3.31. The first kappa shape index (κ1) is 11.0. The lowest BCUT2D eigenvalue weighted by molar-refractivity contribution is 0.210. The van der Waals surface area contributed by atoms with Crippen molar-refractivity contribution in [3.8, 4) is 0 Å². The molecule has 0 amide bonds. The molecule has 1 rings (SSSR count). The Balaban J connectivity index is 2.35. The van der Waals surface area contributed by atoms with Gasteiger partial charge in [-0.15, -0.1) is 0 Å². The van der Waals surface area contributed by atoms with Gasteiger partial charge in [-0.1, -0.05) is 13.8 Å². The Morgan fingerprint density at radius 2 is 1.85 bits per heavy atom. The second-order valence-corrected chi connectivity index (χ2v) is 4.58. The second kappa shape index (κ2) is 5.61. The van der Waals surface area contributed by atoms with Crippen LogP contribution in [-0.4, -0.2) is 37.6 Å². The van der Waals surface area contributed by atoms with Gasteiger partial charge in [0.2, 0.25) is 0 Å². The van der Waals surface area contributed by atoms with E-state index in [1.807, 2.05) is 0 Å². The van der Waals surface area contributed by atoms with Crippen LogP contribution in [-0.2, 0) is 0 Å². The van der Waals surface area contributed by atoms with Gasteiger partial charge in [0.15, 0.2) is 0 Å². The van der Waals surface area contributed by atoms with Gasteiger partial charge in [-0.2, -0.15) is 0 Å². The first-order valence-electron chi connectivity index (χ1n) is 5.62. The van der Waals surface area contributed by atoms with Gasteiger partial charge in [-0.05, 0) is 45.3 Å². The van der Waals surface area contributed by atoms with Crippen molar-refractivity contribution >= 4 is 0 Å². The highest BCUT2D eigenvalue weighted by Crippen LogP contribution is 2.16. The number of nitrogens with zero attached hydrogens (tertiary/aromatic N) is 1. The molecule has 1 N–H and O–H groups in total. The third-order valence-corrected chi connectivity index (χ3v) is 2.84. The van der Waals surface area contributed by atoms with E-state index in [9.17, 15) is 0 Å². The average Bonchev–Trinajstić information content (AvgIpc) is 2.54. The molecule has 0 saturated carbocycles. The molecule has 0 spiro atoms. The molecule has 1 saturated heterocycles. The van der Waals surface area contributed by atoms with Crippen molar-refractivity contribution in [3.63, 3.8) is 0 Å². The minimum absolute atomic E-state index is 0.771. The molecule has 0 unspecified atom stereocenters. The fourth-order valence-electron chi connectivity index (χ4n) is 2.25. The standard InChI is InChI=1S/C11H24N2/c1-10(2)8-11(9-12-3)13-6-4-5-7-13/h10-12H,4-9H2,1-3H3/t11-/m0/s1. The predicted octanol–water partition coefficient (Wildman–Crippen LogP) is 1.72. The highest BCUT2D eigenvalue weighted by atomic mass is 15.2. The summed E-state index contributed by atoms with van der Waals surface area (Å²) in [6, 6.07) is 0.771. The van der Waals surface area contributed by atoms with E-state index in [-0.39, 0.29) is 0 Å². The Labute approximate surface area is 82.7 Å². The summed E-state index contributed by atoms with van der Waals surface area (Å²) in [6.07, 6.45) is 4.14. The molecule has 0 aromatic carbocycles. The molecule has 0 bridgehead atoms. The molecule has 78 valence electrons. The summed E-state index contributed by atoms with van der Waals surface area (Å²) in [4.78, 5) is 2.65. The quantitative estimate of drug-likeness (QED) is 0.700. The first-order chi connectivity index (χ1) is 6.24. The van der Waals surface area contributed by atoms with Gasteiger partial charge in [0.1, 0.15) is 0 Å². The summed E-state index contributed by atoms with van der Waals surface area (Å²) in [7, 11) is 2.06. The summed E-state index contributed by atoms with van der Waals surface area (Å²) in [6.45, 7) is 8.42. The van der Waals surface area contributed by atoms with Crippen molar-refractivity contribution in [2.75, 3.05) is 26.7 Å². The molecule has 1 atom stereocenters. The second-order valence-electron chi connectivity index (χ2n) is 4.58. The zero-order chi connectivity index (χ0) is 9.68. The Morgan fingerprint density at radius 1 is 1.23 bits per heavy atom. The summed E-state index contributed by atoms with van der Waals surface area (Å²) in [5.41, 5.74) is 0. The smallest absolute Gasteiger partial charge is 0.0222 e. The molecular formula is C11H24N2. The number of rotatable bonds is 5. The van der Waals surface area contributed by atoms with E-state index in [1.54, 1.807) is 0 Å². The van der Waals surface area contributed by atoms with Gasteiger partial charge in [-0.25, -0.2) is 0 Å². The predicted molar refractivity (Wildman–Crippen MR) is 58.0 cm³/mol. The number of likely N-dealkylation sites (tertiary alicyclic amines) is 1. The van der Waals surface area contributed by atoms with Crippen LogP contribution in [0.15, 0.2) is 0 Å². The third-order valence-electron chi connectivity index (χ3n) is 2.84. The fraction of sp³-hybridized carbons (Fsp3) is 1.00. The average molecular weight is 184 g/mol. The highest BCUT2D eigenvalue weighted by Gasteiger charge is 2.21. The molecule has 0 aromatic heterocycles. The van der Waals surface area contributed by atoms with Crippen LogP contribution in [0.2, 0.25) is 0 Å². The summed E-state index contributed by atoms with van der Waals surface area (Å²) in [5, 5.41) is 3.31. The van der Waals surface area contributed by atoms with Gasteiger partial charge in [0, 0.05) is 12.6 Å². The summed E-state index contributed by atoms with van der Waals surface area (Å²) in [5.74, 6) is 0.818. The maximum Gasteiger partial charge on any atom is 0.0222 e. The molecule has 1 aliphatic rings. The minimum atomic E-state index is 0.771. The number of nitrogens with one attached hydrogen (secondary N) is 1. The van der Waals surface area contributed by atoms with Crippen molar-refractivity contribution in [1.82, 2.24) is 10.2 Å². The van der Waals surface area contributed by atoms with Crippen molar-refractivity contribution in [2.45, 2.75) is 39.2 Å². The van der Waals surface area contributed by atoms with Crippen LogP contribution in [0.4, 0.5) is 0 Å². The SMILES string of the molecule is CNC[C@H](CC(C)C)N1CCCC1. The minimum Gasteiger partial charge on any atom is -0.318 e. The monoisotopic (exact) mass is 184 g/mol. The summed E-state index contributed by atoms with van der Waals surface area (Å²) < 4.78 is 0. The lowest BCUT2D eigenvalue weighted by Gasteiger charge is -2.28. The molecule has 2 heteroatoms. The zero-order valence-corrected chi connectivity index (χ0v) is 9.34. The van der Waals surface area contributed by atoms with Gasteiger partial charge in [0.25, 0.3) is 0 Å². The molecule has 0 radical (unpaired) electrons. The van der Waals surface area contributed by atoms with Crippen molar-refractivity contribution in [3.05, 3.63) is 0 Å². The van der Waals surface area contributed by atoms with E-state index in [2.05, 4.69) is 31.1 Å². The Hall–Kier alpha value is -0.0800. The van der Waals surface area contributed by atoms with Crippen molar-refractivity contribution in [2.24, 2.45) is 5.92 Å². The normalized spacial score (nSPS) is 21.2. The van der Waals surface area contributed by atoms with E-state index < -0.39 is 0 Å². The molecule has 1 aliphatic heterocycles. The van der Waals surface area contributed by atoms with E-state index in [1.165, 1.54) is 32.4 Å². The molecule has 1 fully saturated rings. The lowest BCUT2D eigenvalue weighted by atomic mass is 10.0. The number of likely N-dealkylation sites (N-methyl/N-ethyl adjacent to an activating group) is 1. The Kier molecular flexibility index (Phi) is 4.74. The van der Waals surface area contributed by atoms with Crippen LogP contribution in [0.1, 0.15) is 33.1 Å². The largest absolute Gasteiger partial charge is 0.318 e. The summed E-state index contributed by atoms with van der Waals surface area (Å²) >= 11 is 0. The number of hydrogen-bond acceptors (Lipinski definition) is 2.